The number of ketones is 1. The van der Waals surface area contributed by atoms with E-state index in [1.807, 2.05) is 38.1 Å². The number of pyridine rings is 1. The lowest BCUT2D eigenvalue weighted by molar-refractivity contribution is 0.0731. The summed E-state index contributed by atoms with van der Waals surface area (Å²) in [7, 11) is 1.47. The van der Waals surface area contributed by atoms with Gasteiger partial charge in [-0.25, -0.2) is 4.79 Å². The molecule has 0 aliphatic rings. The second kappa shape index (κ2) is 7.58. The van der Waals surface area contributed by atoms with Crippen LogP contribution >= 0.6 is 0 Å². The number of hydrogen-bond acceptors (Lipinski definition) is 5. The smallest absolute Gasteiger partial charge is 0.344 e. The number of carbonyl (C=O) groups is 2. The van der Waals surface area contributed by atoms with Gasteiger partial charge >= 0.3 is 5.97 Å². The summed E-state index contributed by atoms with van der Waals surface area (Å²) in [5, 5.41) is 0.728. The van der Waals surface area contributed by atoms with E-state index in [0.29, 0.717) is 16.9 Å². The maximum atomic E-state index is 12.9. The normalized spacial score (nSPS) is 10.9. The van der Waals surface area contributed by atoms with Gasteiger partial charge in [-0.2, -0.15) is 0 Å². The first-order chi connectivity index (χ1) is 12.9. The fourth-order valence-corrected chi connectivity index (χ4v) is 2.79. The zero-order chi connectivity index (χ0) is 19.6. The molecule has 0 unspecified atom stereocenters. The molecule has 1 heterocycles. The van der Waals surface area contributed by atoms with Crippen molar-refractivity contribution < 1.29 is 19.1 Å². The standard InChI is InChI=1S/C22H21NO4/c1-13(2)19-12-17(16-7-5-6-8-18(16)23-19)22(25)27-20-10-9-15(14(3)24)11-21(20)26-4/h5-13H,1-4H3. The van der Waals surface area contributed by atoms with Crippen LogP contribution in [0.4, 0.5) is 0 Å². The summed E-state index contributed by atoms with van der Waals surface area (Å²) in [5.41, 5.74) is 2.50. The van der Waals surface area contributed by atoms with Crippen molar-refractivity contribution in [1.29, 1.82) is 0 Å². The van der Waals surface area contributed by atoms with Gasteiger partial charge < -0.3 is 9.47 Å². The summed E-state index contributed by atoms with van der Waals surface area (Å²) in [6, 6.07) is 14.0. The van der Waals surface area contributed by atoms with Gasteiger partial charge in [0, 0.05) is 16.6 Å². The first-order valence-corrected chi connectivity index (χ1v) is 8.71. The molecule has 0 radical (unpaired) electrons. The molecular weight excluding hydrogens is 342 g/mol. The highest BCUT2D eigenvalue weighted by atomic mass is 16.6. The number of hydrogen-bond donors (Lipinski definition) is 0. The Balaban J connectivity index is 2.03. The van der Waals surface area contributed by atoms with Crippen molar-refractivity contribution in [3.8, 4) is 11.5 Å². The molecule has 0 bridgehead atoms. The van der Waals surface area contributed by atoms with E-state index in [4.69, 9.17) is 9.47 Å². The van der Waals surface area contributed by atoms with Crippen molar-refractivity contribution in [3.63, 3.8) is 0 Å². The number of methoxy groups -OCH3 is 1. The van der Waals surface area contributed by atoms with Gasteiger partial charge in [-0.3, -0.25) is 9.78 Å². The van der Waals surface area contributed by atoms with E-state index in [1.165, 1.54) is 14.0 Å². The van der Waals surface area contributed by atoms with Crippen molar-refractivity contribution in [2.75, 3.05) is 7.11 Å². The molecule has 3 aromatic rings. The molecular formula is C22H21NO4. The van der Waals surface area contributed by atoms with Gasteiger partial charge in [0.05, 0.1) is 18.2 Å². The molecule has 0 aliphatic carbocycles. The quantitative estimate of drug-likeness (QED) is 0.370. The van der Waals surface area contributed by atoms with Crippen LogP contribution < -0.4 is 9.47 Å². The lowest BCUT2D eigenvalue weighted by Gasteiger charge is -2.13. The largest absolute Gasteiger partial charge is 0.493 e. The fourth-order valence-electron chi connectivity index (χ4n) is 2.79. The van der Waals surface area contributed by atoms with Crippen LogP contribution in [0.2, 0.25) is 0 Å². The highest BCUT2D eigenvalue weighted by Crippen LogP contribution is 2.30. The fraction of sp³-hybridized carbons (Fsp3) is 0.227. The average Bonchev–Trinajstić information content (AvgIpc) is 2.67. The number of carbonyl (C=O) groups excluding carboxylic acids is 2. The Labute approximate surface area is 157 Å². The molecule has 0 amide bonds. The lowest BCUT2D eigenvalue weighted by atomic mass is 10.0. The van der Waals surface area contributed by atoms with Crippen LogP contribution in [0.1, 0.15) is 53.1 Å². The number of ether oxygens (including phenoxy) is 2. The summed E-state index contributed by atoms with van der Waals surface area (Å²) in [4.78, 5) is 29.1. The average molecular weight is 363 g/mol. The summed E-state index contributed by atoms with van der Waals surface area (Å²) in [5.74, 6) is 0.181. The minimum atomic E-state index is -0.496. The Kier molecular flexibility index (Phi) is 5.21. The highest BCUT2D eigenvalue weighted by Gasteiger charge is 2.18. The van der Waals surface area contributed by atoms with Crippen molar-refractivity contribution in [2.45, 2.75) is 26.7 Å². The topological polar surface area (TPSA) is 65.5 Å². The maximum Gasteiger partial charge on any atom is 0.344 e. The number of benzene rings is 2. The summed E-state index contributed by atoms with van der Waals surface area (Å²) in [6.45, 7) is 5.52. The summed E-state index contributed by atoms with van der Waals surface area (Å²) >= 11 is 0. The van der Waals surface area contributed by atoms with Crippen molar-refractivity contribution in [3.05, 3.63) is 65.4 Å². The number of aromatic nitrogens is 1. The van der Waals surface area contributed by atoms with Gasteiger partial charge in [-0.1, -0.05) is 32.0 Å². The molecule has 0 spiro atoms. The molecule has 0 N–H and O–H groups in total. The molecule has 1 aromatic heterocycles. The Bertz CT molecular complexity index is 1020. The zero-order valence-corrected chi connectivity index (χ0v) is 15.8. The third-order valence-electron chi connectivity index (χ3n) is 4.32. The van der Waals surface area contributed by atoms with Gasteiger partial charge in [-0.05, 0) is 43.2 Å². The summed E-state index contributed by atoms with van der Waals surface area (Å²) in [6.07, 6.45) is 0. The highest BCUT2D eigenvalue weighted by molar-refractivity contribution is 6.04. The van der Waals surface area contributed by atoms with Crippen LogP contribution in [0, 0.1) is 0 Å². The van der Waals surface area contributed by atoms with Gasteiger partial charge in [0.2, 0.25) is 0 Å². The molecule has 0 saturated carbocycles. The molecule has 2 aromatic carbocycles. The molecule has 138 valence electrons. The van der Waals surface area contributed by atoms with E-state index in [-0.39, 0.29) is 17.5 Å². The van der Waals surface area contributed by atoms with Crippen LogP contribution in [-0.2, 0) is 0 Å². The first-order valence-electron chi connectivity index (χ1n) is 8.71. The van der Waals surface area contributed by atoms with Crippen LogP contribution in [-0.4, -0.2) is 23.8 Å². The molecule has 0 aliphatic heterocycles. The van der Waals surface area contributed by atoms with E-state index in [2.05, 4.69) is 4.98 Å². The predicted molar refractivity (Wildman–Crippen MR) is 104 cm³/mol. The molecule has 0 fully saturated rings. The summed E-state index contributed by atoms with van der Waals surface area (Å²) < 4.78 is 10.9. The van der Waals surface area contributed by atoms with E-state index in [0.717, 1.165) is 16.6 Å². The molecule has 5 nitrogen and oxygen atoms in total. The Morgan fingerprint density at radius 1 is 1.00 bits per heavy atom. The molecule has 3 rings (SSSR count). The Morgan fingerprint density at radius 2 is 1.74 bits per heavy atom. The molecule has 0 saturated heterocycles. The first kappa shape index (κ1) is 18.6. The SMILES string of the molecule is COc1cc(C(C)=O)ccc1OC(=O)c1cc(C(C)C)nc2ccccc12. The predicted octanol–water partition coefficient (Wildman–Crippen LogP) is 4.79. The number of fused-ring (bicyclic) bond motifs is 1. The van der Waals surface area contributed by atoms with Crippen LogP contribution in [0.15, 0.2) is 48.5 Å². The second-order valence-corrected chi connectivity index (χ2v) is 6.58. The van der Waals surface area contributed by atoms with Crippen molar-refractivity contribution in [1.82, 2.24) is 4.98 Å². The van der Waals surface area contributed by atoms with Crippen molar-refractivity contribution in [2.24, 2.45) is 0 Å². The van der Waals surface area contributed by atoms with E-state index >= 15 is 0 Å². The van der Waals surface area contributed by atoms with Crippen LogP contribution in [0.5, 0.6) is 11.5 Å². The van der Waals surface area contributed by atoms with Crippen LogP contribution in [0.25, 0.3) is 10.9 Å². The molecule has 5 heteroatoms. The third-order valence-corrected chi connectivity index (χ3v) is 4.32. The van der Waals surface area contributed by atoms with E-state index < -0.39 is 5.97 Å². The third kappa shape index (κ3) is 3.82. The zero-order valence-electron chi connectivity index (χ0n) is 15.8. The maximum absolute atomic E-state index is 12.9. The van der Waals surface area contributed by atoms with E-state index in [1.54, 1.807) is 24.3 Å². The number of para-hydroxylation sites is 1. The minimum Gasteiger partial charge on any atom is -0.493 e. The Hall–Kier alpha value is -3.21. The van der Waals surface area contributed by atoms with Gasteiger partial charge in [0.25, 0.3) is 0 Å². The van der Waals surface area contributed by atoms with Gasteiger partial charge in [0.1, 0.15) is 0 Å². The number of rotatable bonds is 5. The number of Topliss-reactive ketones (excluding diaryl/α,β-unsaturated/α-hetero) is 1. The number of nitrogens with zero attached hydrogens (tertiary/aromatic N) is 1. The van der Waals surface area contributed by atoms with Crippen molar-refractivity contribution >= 4 is 22.7 Å². The van der Waals surface area contributed by atoms with Crippen LogP contribution in [0.3, 0.4) is 0 Å². The van der Waals surface area contributed by atoms with Gasteiger partial charge in [0.15, 0.2) is 17.3 Å². The molecule has 27 heavy (non-hydrogen) atoms. The molecule has 0 atom stereocenters. The lowest BCUT2D eigenvalue weighted by Crippen LogP contribution is -2.12. The second-order valence-electron chi connectivity index (χ2n) is 6.58. The Morgan fingerprint density at radius 3 is 2.41 bits per heavy atom. The number of esters is 1. The van der Waals surface area contributed by atoms with E-state index in [9.17, 15) is 9.59 Å². The monoisotopic (exact) mass is 363 g/mol. The minimum absolute atomic E-state index is 0.0899. The van der Waals surface area contributed by atoms with Gasteiger partial charge in [-0.15, -0.1) is 0 Å².